The monoisotopic (exact) mass is 341 g/mol. The fourth-order valence-corrected chi connectivity index (χ4v) is 3.02. The number of rotatable bonds is 6. The van der Waals surface area contributed by atoms with Crippen LogP contribution in [0.3, 0.4) is 0 Å². The molecule has 1 heterocycles. The zero-order valence-electron chi connectivity index (χ0n) is 14.3. The molecule has 0 saturated heterocycles. The van der Waals surface area contributed by atoms with Crippen LogP contribution in [0.2, 0.25) is 0 Å². The van der Waals surface area contributed by atoms with Crippen molar-refractivity contribution >= 4 is 11.8 Å². The Morgan fingerprint density at radius 1 is 1.24 bits per heavy atom. The minimum absolute atomic E-state index is 0.0807. The summed E-state index contributed by atoms with van der Waals surface area (Å²) in [5.74, 6) is 0.0998. The number of carbonyl (C=O) groups is 2. The van der Waals surface area contributed by atoms with Crippen LogP contribution in [0.15, 0.2) is 41.0 Å². The van der Waals surface area contributed by atoms with E-state index in [2.05, 4.69) is 15.6 Å². The molecule has 132 valence electrons. The molecular formula is C19H23N3O3. The molecule has 0 radical (unpaired) electrons. The predicted octanol–water partition coefficient (Wildman–Crippen LogP) is 2.45. The highest BCUT2D eigenvalue weighted by atomic mass is 16.3. The number of aromatic nitrogens is 1. The van der Waals surface area contributed by atoms with Crippen LogP contribution in [0.4, 0.5) is 0 Å². The second-order valence-electron chi connectivity index (χ2n) is 6.47. The van der Waals surface area contributed by atoms with Gasteiger partial charge in [0.1, 0.15) is 12.3 Å². The number of nitrogens with zero attached hydrogens (tertiary/aromatic N) is 1. The molecule has 1 aromatic carbocycles. The fraction of sp³-hybridized carbons (Fsp3) is 0.421. The molecule has 0 spiro atoms. The summed E-state index contributed by atoms with van der Waals surface area (Å²) in [7, 11) is 0. The SMILES string of the molecule is C[C@H](NC(=O)Cc1coc(-c2ccccc2)n1)C(=O)NC1CCCC1. The van der Waals surface area contributed by atoms with Crippen LogP contribution in [0.1, 0.15) is 38.3 Å². The molecule has 6 nitrogen and oxygen atoms in total. The minimum atomic E-state index is -0.561. The van der Waals surface area contributed by atoms with Gasteiger partial charge in [0.05, 0.1) is 12.1 Å². The fourth-order valence-electron chi connectivity index (χ4n) is 3.02. The number of hydrogen-bond donors (Lipinski definition) is 2. The molecule has 2 amide bonds. The average Bonchev–Trinajstić information content (AvgIpc) is 3.27. The van der Waals surface area contributed by atoms with E-state index in [4.69, 9.17) is 4.42 Å². The van der Waals surface area contributed by atoms with Gasteiger partial charge in [0.25, 0.3) is 0 Å². The molecule has 1 saturated carbocycles. The number of hydrogen-bond acceptors (Lipinski definition) is 4. The first kappa shape index (κ1) is 17.2. The van der Waals surface area contributed by atoms with Gasteiger partial charge in [0.15, 0.2) is 0 Å². The van der Waals surface area contributed by atoms with E-state index in [1.54, 1.807) is 6.92 Å². The van der Waals surface area contributed by atoms with Crippen LogP contribution in [-0.4, -0.2) is 28.9 Å². The van der Waals surface area contributed by atoms with Crippen molar-refractivity contribution in [3.05, 3.63) is 42.3 Å². The van der Waals surface area contributed by atoms with Gasteiger partial charge in [-0.05, 0) is 31.9 Å². The van der Waals surface area contributed by atoms with Crippen LogP contribution >= 0.6 is 0 Å². The van der Waals surface area contributed by atoms with Crippen molar-refractivity contribution in [2.45, 2.75) is 51.1 Å². The first-order valence-corrected chi connectivity index (χ1v) is 8.71. The van der Waals surface area contributed by atoms with E-state index in [-0.39, 0.29) is 24.3 Å². The third-order valence-electron chi connectivity index (χ3n) is 4.39. The van der Waals surface area contributed by atoms with Crippen LogP contribution in [0.5, 0.6) is 0 Å². The van der Waals surface area contributed by atoms with Gasteiger partial charge in [0, 0.05) is 11.6 Å². The maximum absolute atomic E-state index is 12.1. The number of benzene rings is 1. The first-order valence-electron chi connectivity index (χ1n) is 8.71. The molecule has 1 aliphatic rings. The van der Waals surface area contributed by atoms with Gasteiger partial charge in [-0.25, -0.2) is 4.98 Å². The van der Waals surface area contributed by atoms with E-state index in [1.807, 2.05) is 30.3 Å². The van der Waals surface area contributed by atoms with Crippen molar-refractivity contribution < 1.29 is 14.0 Å². The van der Waals surface area contributed by atoms with E-state index < -0.39 is 6.04 Å². The molecule has 2 aromatic rings. The molecular weight excluding hydrogens is 318 g/mol. The van der Waals surface area contributed by atoms with Crippen LogP contribution < -0.4 is 10.6 Å². The van der Waals surface area contributed by atoms with Gasteiger partial charge < -0.3 is 15.1 Å². The lowest BCUT2D eigenvalue weighted by Gasteiger charge is -2.17. The summed E-state index contributed by atoms with van der Waals surface area (Å²) in [5, 5.41) is 5.70. The van der Waals surface area contributed by atoms with Crippen molar-refractivity contribution in [3.8, 4) is 11.5 Å². The molecule has 1 aliphatic carbocycles. The normalized spacial score (nSPS) is 15.7. The molecule has 2 N–H and O–H groups in total. The summed E-state index contributed by atoms with van der Waals surface area (Å²) < 4.78 is 5.42. The molecule has 0 bridgehead atoms. The Kier molecular flexibility index (Phi) is 5.48. The van der Waals surface area contributed by atoms with Crippen molar-refractivity contribution in [2.24, 2.45) is 0 Å². The minimum Gasteiger partial charge on any atom is -0.444 e. The Labute approximate surface area is 147 Å². The molecule has 1 aromatic heterocycles. The summed E-state index contributed by atoms with van der Waals surface area (Å²) >= 11 is 0. The van der Waals surface area contributed by atoms with E-state index >= 15 is 0 Å². The van der Waals surface area contributed by atoms with Gasteiger partial charge in [-0.2, -0.15) is 0 Å². The lowest BCUT2D eigenvalue weighted by Crippen LogP contribution is -2.47. The van der Waals surface area contributed by atoms with Crippen LogP contribution in [0, 0.1) is 0 Å². The lowest BCUT2D eigenvalue weighted by atomic mass is 10.2. The molecule has 25 heavy (non-hydrogen) atoms. The molecule has 6 heteroatoms. The zero-order chi connectivity index (χ0) is 17.6. The largest absolute Gasteiger partial charge is 0.444 e. The van der Waals surface area contributed by atoms with E-state index in [1.165, 1.54) is 6.26 Å². The van der Waals surface area contributed by atoms with Gasteiger partial charge in [-0.1, -0.05) is 31.0 Å². The predicted molar refractivity (Wildman–Crippen MR) is 93.6 cm³/mol. The lowest BCUT2D eigenvalue weighted by molar-refractivity contribution is -0.128. The maximum Gasteiger partial charge on any atom is 0.242 e. The Bertz CT molecular complexity index is 721. The zero-order valence-corrected chi connectivity index (χ0v) is 14.3. The van der Waals surface area contributed by atoms with E-state index in [9.17, 15) is 9.59 Å². The molecule has 0 unspecified atom stereocenters. The van der Waals surface area contributed by atoms with Gasteiger partial charge >= 0.3 is 0 Å². The molecule has 1 atom stereocenters. The van der Waals surface area contributed by atoms with Gasteiger partial charge in [0.2, 0.25) is 17.7 Å². The van der Waals surface area contributed by atoms with Crippen molar-refractivity contribution in [3.63, 3.8) is 0 Å². The van der Waals surface area contributed by atoms with E-state index in [0.29, 0.717) is 11.6 Å². The second kappa shape index (κ2) is 7.96. The maximum atomic E-state index is 12.1. The van der Waals surface area contributed by atoms with Crippen molar-refractivity contribution in [1.29, 1.82) is 0 Å². The Balaban J connectivity index is 1.50. The van der Waals surface area contributed by atoms with Crippen molar-refractivity contribution in [2.75, 3.05) is 0 Å². The van der Waals surface area contributed by atoms with Crippen LogP contribution in [-0.2, 0) is 16.0 Å². The van der Waals surface area contributed by atoms with Gasteiger partial charge in [-0.15, -0.1) is 0 Å². The average molecular weight is 341 g/mol. The number of oxazole rings is 1. The standard InChI is InChI=1S/C19H23N3O3/c1-13(18(24)21-15-9-5-6-10-15)20-17(23)11-16-12-25-19(22-16)14-7-3-2-4-8-14/h2-4,7-8,12-13,15H,5-6,9-11H2,1H3,(H,20,23)(H,21,24)/t13-/m0/s1. The highest BCUT2D eigenvalue weighted by molar-refractivity contribution is 5.88. The van der Waals surface area contributed by atoms with Gasteiger partial charge in [-0.3, -0.25) is 9.59 Å². The van der Waals surface area contributed by atoms with E-state index in [0.717, 1.165) is 31.2 Å². The summed E-state index contributed by atoms with van der Waals surface area (Å²) in [6.07, 6.45) is 5.91. The van der Waals surface area contributed by atoms with Crippen LogP contribution in [0.25, 0.3) is 11.5 Å². The highest BCUT2D eigenvalue weighted by Gasteiger charge is 2.22. The second-order valence-corrected chi connectivity index (χ2v) is 6.47. The Morgan fingerprint density at radius 3 is 2.68 bits per heavy atom. The molecule has 3 rings (SSSR count). The Hall–Kier alpha value is -2.63. The third kappa shape index (κ3) is 4.68. The molecule has 1 fully saturated rings. The number of amides is 2. The molecule has 0 aliphatic heterocycles. The highest BCUT2D eigenvalue weighted by Crippen LogP contribution is 2.18. The third-order valence-corrected chi connectivity index (χ3v) is 4.39. The Morgan fingerprint density at radius 2 is 1.96 bits per heavy atom. The quantitative estimate of drug-likeness (QED) is 0.845. The number of carbonyl (C=O) groups excluding carboxylic acids is 2. The topological polar surface area (TPSA) is 84.2 Å². The smallest absolute Gasteiger partial charge is 0.242 e. The van der Waals surface area contributed by atoms with Crippen molar-refractivity contribution in [1.82, 2.24) is 15.6 Å². The first-order chi connectivity index (χ1) is 12.1. The summed E-state index contributed by atoms with van der Waals surface area (Å²) in [4.78, 5) is 28.6. The summed E-state index contributed by atoms with van der Waals surface area (Å²) in [6, 6.07) is 9.19. The number of nitrogens with one attached hydrogen (secondary N) is 2. The summed E-state index contributed by atoms with van der Waals surface area (Å²) in [5.41, 5.74) is 1.40. The summed E-state index contributed by atoms with van der Waals surface area (Å²) in [6.45, 7) is 1.69.